The molecule has 2 aliphatic rings. The molecule has 0 saturated carbocycles. The zero-order chi connectivity index (χ0) is 18.4. The highest BCUT2D eigenvalue weighted by atomic mass is 15.3. The lowest BCUT2D eigenvalue weighted by molar-refractivity contribution is 0.188. The molecule has 1 N–H and O–H groups in total. The second-order valence-corrected chi connectivity index (χ2v) is 8.06. The van der Waals surface area contributed by atoms with E-state index in [9.17, 15) is 0 Å². The Balaban J connectivity index is 1.57. The van der Waals surface area contributed by atoms with Crippen LogP contribution in [0.5, 0.6) is 0 Å². The normalized spacial score (nSPS) is 26.3. The molecule has 0 radical (unpaired) electrons. The molecule has 0 spiro atoms. The average Bonchev–Trinajstić information content (AvgIpc) is 3.17. The fourth-order valence-electron chi connectivity index (χ4n) is 4.22. The molecule has 1 aromatic heterocycles. The largest absolute Gasteiger partial charge is 0.357 e. The Labute approximate surface area is 158 Å². The van der Waals surface area contributed by atoms with Crippen molar-refractivity contribution in [2.24, 2.45) is 16.8 Å². The van der Waals surface area contributed by atoms with E-state index in [0.717, 1.165) is 38.1 Å². The lowest BCUT2D eigenvalue weighted by Crippen LogP contribution is -2.49. The predicted octanol–water partition coefficient (Wildman–Crippen LogP) is 2.46. The standard InChI is InChI=1S/C20H36N6/c1-4-22-20(23-9-5-18-7-11-24(3)12-8-18)25-13-6-17(2)19(15-25)26-14-10-21-16-26/h10,14,16-19H,4-9,11-13,15H2,1-3H3,(H,22,23). The van der Waals surface area contributed by atoms with Gasteiger partial charge in [0.15, 0.2) is 5.96 Å². The second-order valence-electron chi connectivity index (χ2n) is 8.06. The number of likely N-dealkylation sites (tertiary alicyclic amines) is 2. The molecule has 0 aromatic carbocycles. The summed E-state index contributed by atoms with van der Waals surface area (Å²) < 4.78 is 2.26. The number of hydrogen-bond donors (Lipinski definition) is 1. The van der Waals surface area contributed by atoms with Crippen LogP contribution < -0.4 is 5.32 Å². The maximum atomic E-state index is 4.98. The number of hydrogen-bond acceptors (Lipinski definition) is 3. The van der Waals surface area contributed by atoms with Crippen LogP contribution in [0.3, 0.4) is 0 Å². The van der Waals surface area contributed by atoms with Crippen LogP contribution in [0.25, 0.3) is 0 Å². The van der Waals surface area contributed by atoms with Crippen LogP contribution >= 0.6 is 0 Å². The summed E-state index contributed by atoms with van der Waals surface area (Å²) in [6.45, 7) is 11.0. The average molecular weight is 361 g/mol. The molecule has 2 unspecified atom stereocenters. The first-order chi connectivity index (χ1) is 12.7. The van der Waals surface area contributed by atoms with E-state index in [4.69, 9.17) is 4.99 Å². The van der Waals surface area contributed by atoms with Gasteiger partial charge in [0.1, 0.15) is 0 Å². The molecule has 3 rings (SSSR count). The van der Waals surface area contributed by atoms with Gasteiger partial charge in [-0.3, -0.25) is 4.99 Å². The molecule has 2 saturated heterocycles. The number of aromatic nitrogens is 2. The number of rotatable bonds is 5. The van der Waals surface area contributed by atoms with E-state index in [1.54, 1.807) is 0 Å². The van der Waals surface area contributed by atoms with Crippen molar-refractivity contribution in [1.82, 2.24) is 24.7 Å². The second kappa shape index (κ2) is 9.40. The first kappa shape index (κ1) is 19.2. The third-order valence-corrected chi connectivity index (χ3v) is 6.10. The minimum atomic E-state index is 0.476. The van der Waals surface area contributed by atoms with Crippen molar-refractivity contribution in [3.8, 4) is 0 Å². The molecule has 2 aliphatic heterocycles. The van der Waals surface area contributed by atoms with Gasteiger partial charge in [0, 0.05) is 38.6 Å². The zero-order valence-corrected chi connectivity index (χ0v) is 16.8. The Morgan fingerprint density at radius 2 is 2.04 bits per heavy atom. The maximum absolute atomic E-state index is 4.98. The Kier molecular flexibility index (Phi) is 6.94. The van der Waals surface area contributed by atoms with Gasteiger partial charge in [0.25, 0.3) is 0 Å². The highest BCUT2D eigenvalue weighted by Gasteiger charge is 2.29. The predicted molar refractivity (Wildman–Crippen MR) is 107 cm³/mol. The molecular weight excluding hydrogens is 324 g/mol. The molecule has 1 aromatic rings. The topological polar surface area (TPSA) is 48.7 Å². The molecule has 26 heavy (non-hydrogen) atoms. The Bertz CT molecular complexity index is 547. The fourth-order valence-corrected chi connectivity index (χ4v) is 4.22. The highest BCUT2D eigenvalue weighted by Crippen LogP contribution is 2.27. The maximum Gasteiger partial charge on any atom is 0.193 e. The fraction of sp³-hybridized carbons (Fsp3) is 0.800. The van der Waals surface area contributed by atoms with E-state index in [2.05, 4.69) is 51.8 Å². The lowest BCUT2D eigenvalue weighted by Gasteiger charge is -2.39. The summed E-state index contributed by atoms with van der Waals surface area (Å²) in [6, 6.07) is 0.476. The summed E-state index contributed by atoms with van der Waals surface area (Å²) in [5, 5.41) is 3.52. The van der Waals surface area contributed by atoms with Crippen molar-refractivity contribution in [3.63, 3.8) is 0 Å². The highest BCUT2D eigenvalue weighted by molar-refractivity contribution is 5.80. The number of imidazole rings is 1. The first-order valence-corrected chi connectivity index (χ1v) is 10.4. The summed E-state index contributed by atoms with van der Waals surface area (Å²) in [7, 11) is 2.23. The van der Waals surface area contributed by atoms with Gasteiger partial charge in [-0.2, -0.15) is 0 Å². The van der Waals surface area contributed by atoms with Crippen molar-refractivity contribution >= 4 is 5.96 Å². The van der Waals surface area contributed by atoms with Crippen LogP contribution in [0.15, 0.2) is 23.7 Å². The molecule has 0 aliphatic carbocycles. The van der Waals surface area contributed by atoms with Crippen molar-refractivity contribution in [2.75, 3.05) is 46.3 Å². The molecule has 0 amide bonds. The van der Waals surface area contributed by atoms with Crippen LogP contribution in [0.1, 0.15) is 45.6 Å². The van der Waals surface area contributed by atoms with Gasteiger partial charge < -0.3 is 19.7 Å². The Morgan fingerprint density at radius 3 is 2.73 bits per heavy atom. The summed E-state index contributed by atoms with van der Waals surface area (Å²) in [4.78, 5) is 14.1. The van der Waals surface area contributed by atoms with Crippen LogP contribution in [0.2, 0.25) is 0 Å². The monoisotopic (exact) mass is 360 g/mol. The van der Waals surface area contributed by atoms with E-state index >= 15 is 0 Å². The SMILES string of the molecule is CCNC(=NCCC1CCN(C)CC1)N1CCC(C)C(n2ccnc2)C1. The van der Waals surface area contributed by atoms with E-state index < -0.39 is 0 Å². The van der Waals surface area contributed by atoms with Gasteiger partial charge in [0.05, 0.1) is 12.4 Å². The van der Waals surface area contributed by atoms with E-state index in [-0.39, 0.29) is 0 Å². The van der Waals surface area contributed by atoms with Crippen molar-refractivity contribution in [2.45, 2.75) is 45.6 Å². The first-order valence-electron chi connectivity index (χ1n) is 10.4. The number of piperidine rings is 2. The molecule has 0 bridgehead atoms. The van der Waals surface area contributed by atoms with Crippen LogP contribution in [-0.4, -0.2) is 71.6 Å². The van der Waals surface area contributed by atoms with Gasteiger partial charge in [-0.15, -0.1) is 0 Å². The van der Waals surface area contributed by atoms with E-state index in [0.29, 0.717) is 12.0 Å². The quantitative estimate of drug-likeness (QED) is 0.647. The van der Waals surface area contributed by atoms with Crippen molar-refractivity contribution < 1.29 is 0 Å². The van der Waals surface area contributed by atoms with Gasteiger partial charge >= 0.3 is 0 Å². The van der Waals surface area contributed by atoms with Crippen molar-refractivity contribution in [1.29, 1.82) is 0 Å². The van der Waals surface area contributed by atoms with Crippen LogP contribution in [0.4, 0.5) is 0 Å². The van der Waals surface area contributed by atoms with Gasteiger partial charge in [0.2, 0.25) is 0 Å². The summed E-state index contributed by atoms with van der Waals surface area (Å²) >= 11 is 0. The van der Waals surface area contributed by atoms with E-state index in [1.165, 1.54) is 38.8 Å². The van der Waals surface area contributed by atoms with Gasteiger partial charge in [-0.25, -0.2) is 4.98 Å². The Morgan fingerprint density at radius 1 is 1.23 bits per heavy atom. The van der Waals surface area contributed by atoms with Gasteiger partial charge in [-0.05, 0) is 64.6 Å². The summed E-state index contributed by atoms with van der Waals surface area (Å²) in [5.74, 6) is 2.61. The van der Waals surface area contributed by atoms with E-state index in [1.807, 2.05) is 12.5 Å². The molecular formula is C20H36N6. The minimum Gasteiger partial charge on any atom is -0.357 e. The number of aliphatic imine (C=N–C) groups is 1. The third-order valence-electron chi connectivity index (χ3n) is 6.10. The summed E-state index contributed by atoms with van der Waals surface area (Å²) in [6.07, 6.45) is 11.0. The third kappa shape index (κ3) is 5.00. The number of nitrogens with zero attached hydrogens (tertiary/aromatic N) is 5. The number of guanidine groups is 1. The smallest absolute Gasteiger partial charge is 0.193 e. The molecule has 146 valence electrons. The number of nitrogens with one attached hydrogen (secondary N) is 1. The van der Waals surface area contributed by atoms with Gasteiger partial charge in [-0.1, -0.05) is 6.92 Å². The van der Waals surface area contributed by atoms with Crippen LogP contribution in [-0.2, 0) is 0 Å². The zero-order valence-electron chi connectivity index (χ0n) is 16.8. The molecule has 6 heteroatoms. The lowest BCUT2D eigenvalue weighted by atomic mass is 9.93. The minimum absolute atomic E-state index is 0.476. The molecule has 2 atom stereocenters. The van der Waals surface area contributed by atoms with Crippen LogP contribution in [0, 0.1) is 11.8 Å². The summed E-state index contributed by atoms with van der Waals surface area (Å²) in [5.41, 5.74) is 0. The Hall–Kier alpha value is -1.56. The van der Waals surface area contributed by atoms with Crippen molar-refractivity contribution in [3.05, 3.63) is 18.7 Å². The molecule has 6 nitrogen and oxygen atoms in total. The molecule has 3 heterocycles. The molecule has 2 fully saturated rings.